The van der Waals surface area contributed by atoms with E-state index in [1.165, 1.54) is 27.4 Å². The molecule has 1 atom stereocenters. The van der Waals surface area contributed by atoms with E-state index in [0.717, 1.165) is 0 Å². The summed E-state index contributed by atoms with van der Waals surface area (Å²) in [6.07, 6.45) is 0.191. The highest BCUT2D eigenvalue weighted by Gasteiger charge is 2.25. The summed E-state index contributed by atoms with van der Waals surface area (Å²) >= 11 is 0. The van der Waals surface area contributed by atoms with Gasteiger partial charge in [-0.2, -0.15) is 0 Å². The largest absolute Gasteiger partial charge is 0.504 e. The monoisotopic (exact) mass is 332 g/mol. The van der Waals surface area contributed by atoms with Crippen LogP contribution in [0.15, 0.2) is 36.4 Å². The van der Waals surface area contributed by atoms with Gasteiger partial charge >= 0.3 is 5.97 Å². The molecule has 0 bridgehead atoms. The molecule has 24 heavy (non-hydrogen) atoms. The van der Waals surface area contributed by atoms with E-state index in [9.17, 15) is 15.0 Å². The number of methoxy groups -OCH3 is 3. The van der Waals surface area contributed by atoms with Gasteiger partial charge < -0.3 is 24.4 Å². The van der Waals surface area contributed by atoms with Gasteiger partial charge in [0.05, 0.1) is 27.2 Å². The minimum atomic E-state index is -0.989. The van der Waals surface area contributed by atoms with Gasteiger partial charge in [0.2, 0.25) is 0 Å². The average Bonchev–Trinajstić information content (AvgIpc) is 2.59. The second-order valence-corrected chi connectivity index (χ2v) is 5.21. The van der Waals surface area contributed by atoms with Crippen LogP contribution in [-0.4, -0.2) is 37.5 Å². The van der Waals surface area contributed by atoms with Crippen molar-refractivity contribution < 1.29 is 29.2 Å². The Morgan fingerprint density at radius 1 is 1.00 bits per heavy atom. The molecule has 0 radical (unpaired) electrons. The SMILES string of the molecule is COc1ccc(OC)c(C(Cc2ccc(OC)c(O)c2)C(=O)O)c1. The predicted molar refractivity (Wildman–Crippen MR) is 88.3 cm³/mol. The summed E-state index contributed by atoms with van der Waals surface area (Å²) in [6.45, 7) is 0. The highest BCUT2D eigenvalue weighted by molar-refractivity contribution is 5.78. The average molecular weight is 332 g/mol. The maximum absolute atomic E-state index is 11.8. The Morgan fingerprint density at radius 2 is 1.67 bits per heavy atom. The van der Waals surface area contributed by atoms with E-state index >= 15 is 0 Å². The lowest BCUT2D eigenvalue weighted by molar-refractivity contribution is -0.138. The third-order valence-corrected chi connectivity index (χ3v) is 3.79. The molecule has 0 aliphatic carbocycles. The van der Waals surface area contributed by atoms with Crippen molar-refractivity contribution in [3.05, 3.63) is 47.5 Å². The van der Waals surface area contributed by atoms with Crippen LogP contribution in [-0.2, 0) is 11.2 Å². The number of hydrogen-bond acceptors (Lipinski definition) is 5. The Balaban J connectivity index is 2.40. The van der Waals surface area contributed by atoms with Gasteiger partial charge in [-0.3, -0.25) is 4.79 Å². The Morgan fingerprint density at radius 3 is 2.21 bits per heavy atom. The lowest BCUT2D eigenvalue weighted by Gasteiger charge is -2.17. The lowest BCUT2D eigenvalue weighted by Crippen LogP contribution is -2.15. The summed E-state index contributed by atoms with van der Waals surface area (Å²) < 4.78 is 15.5. The summed E-state index contributed by atoms with van der Waals surface area (Å²) in [5, 5.41) is 19.5. The summed E-state index contributed by atoms with van der Waals surface area (Å²) in [6, 6.07) is 9.87. The molecule has 6 heteroatoms. The topological polar surface area (TPSA) is 85.2 Å². The first kappa shape index (κ1) is 17.5. The number of rotatable bonds is 7. The number of hydrogen-bond donors (Lipinski definition) is 2. The summed E-state index contributed by atoms with van der Waals surface area (Å²) in [7, 11) is 4.46. The summed E-state index contributed by atoms with van der Waals surface area (Å²) in [5.74, 6) is -0.503. The second-order valence-electron chi connectivity index (χ2n) is 5.21. The van der Waals surface area contributed by atoms with Crippen molar-refractivity contribution in [3.63, 3.8) is 0 Å². The Labute approximate surface area is 140 Å². The van der Waals surface area contributed by atoms with Crippen LogP contribution in [0.1, 0.15) is 17.0 Å². The number of ether oxygens (including phenoxy) is 3. The molecule has 128 valence electrons. The fourth-order valence-corrected chi connectivity index (χ4v) is 2.54. The molecular formula is C18H20O6. The highest BCUT2D eigenvalue weighted by atomic mass is 16.5. The first-order valence-electron chi connectivity index (χ1n) is 7.30. The fraction of sp³-hybridized carbons (Fsp3) is 0.278. The molecule has 0 saturated carbocycles. The molecule has 6 nitrogen and oxygen atoms in total. The van der Waals surface area contributed by atoms with Crippen molar-refractivity contribution >= 4 is 5.97 Å². The number of carbonyl (C=O) groups is 1. The second kappa shape index (κ2) is 7.59. The van der Waals surface area contributed by atoms with Gasteiger partial charge in [0.15, 0.2) is 11.5 Å². The van der Waals surface area contributed by atoms with E-state index in [1.807, 2.05) is 0 Å². The zero-order valence-corrected chi connectivity index (χ0v) is 13.8. The fourth-order valence-electron chi connectivity index (χ4n) is 2.54. The lowest BCUT2D eigenvalue weighted by atomic mass is 9.91. The first-order chi connectivity index (χ1) is 11.5. The summed E-state index contributed by atoms with van der Waals surface area (Å²) in [4.78, 5) is 11.8. The number of phenolic OH excluding ortho intramolecular Hbond substituents is 1. The Hall–Kier alpha value is -2.89. The molecule has 1 unspecified atom stereocenters. The Kier molecular flexibility index (Phi) is 5.52. The van der Waals surface area contributed by atoms with E-state index in [2.05, 4.69) is 0 Å². The first-order valence-corrected chi connectivity index (χ1v) is 7.30. The number of phenols is 1. The maximum Gasteiger partial charge on any atom is 0.311 e. The number of aliphatic carboxylic acids is 1. The zero-order chi connectivity index (χ0) is 17.7. The van der Waals surface area contributed by atoms with Gasteiger partial charge in [0.25, 0.3) is 0 Å². The van der Waals surface area contributed by atoms with E-state index in [4.69, 9.17) is 14.2 Å². The predicted octanol–water partition coefficient (Wildman–Crippen LogP) is 2.83. The van der Waals surface area contributed by atoms with Crippen LogP contribution in [0.25, 0.3) is 0 Å². The zero-order valence-electron chi connectivity index (χ0n) is 13.8. The van der Waals surface area contributed by atoms with Crippen LogP contribution in [0.2, 0.25) is 0 Å². The highest BCUT2D eigenvalue weighted by Crippen LogP contribution is 2.34. The van der Waals surface area contributed by atoms with Crippen LogP contribution >= 0.6 is 0 Å². The van der Waals surface area contributed by atoms with Gasteiger partial charge in [0.1, 0.15) is 11.5 Å². The van der Waals surface area contributed by atoms with Gasteiger partial charge in [-0.25, -0.2) is 0 Å². The molecule has 0 aliphatic heterocycles. The van der Waals surface area contributed by atoms with E-state index in [1.54, 1.807) is 30.3 Å². The van der Waals surface area contributed by atoms with Crippen LogP contribution in [0.4, 0.5) is 0 Å². The van der Waals surface area contributed by atoms with E-state index in [0.29, 0.717) is 28.4 Å². The van der Waals surface area contributed by atoms with Crippen molar-refractivity contribution in [2.75, 3.05) is 21.3 Å². The van der Waals surface area contributed by atoms with E-state index < -0.39 is 11.9 Å². The number of aromatic hydroxyl groups is 1. The third kappa shape index (κ3) is 3.71. The van der Waals surface area contributed by atoms with Crippen molar-refractivity contribution in [3.8, 4) is 23.0 Å². The molecule has 0 heterocycles. The third-order valence-electron chi connectivity index (χ3n) is 3.79. The van der Waals surface area contributed by atoms with Crippen LogP contribution in [0.3, 0.4) is 0 Å². The molecule has 2 aromatic carbocycles. The molecule has 0 spiro atoms. The van der Waals surface area contributed by atoms with Gasteiger partial charge in [-0.15, -0.1) is 0 Å². The minimum Gasteiger partial charge on any atom is -0.504 e. The summed E-state index contributed by atoms with van der Waals surface area (Å²) in [5.41, 5.74) is 1.19. The molecule has 2 rings (SSSR count). The number of carboxylic acid groups (broad SMARTS) is 1. The van der Waals surface area contributed by atoms with Crippen molar-refractivity contribution in [2.24, 2.45) is 0 Å². The van der Waals surface area contributed by atoms with E-state index in [-0.39, 0.29) is 12.2 Å². The van der Waals surface area contributed by atoms with Crippen molar-refractivity contribution in [1.29, 1.82) is 0 Å². The van der Waals surface area contributed by atoms with Crippen molar-refractivity contribution in [1.82, 2.24) is 0 Å². The molecule has 0 saturated heterocycles. The van der Waals surface area contributed by atoms with Crippen LogP contribution in [0, 0.1) is 0 Å². The number of carboxylic acids is 1. The molecule has 2 N–H and O–H groups in total. The van der Waals surface area contributed by atoms with Crippen LogP contribution < -0.4 is 14.2 Å². The standard InChI is InChI=1S/C18H20O6/c1-22-12-5-7-16(23-2)13(10-12)14(18(20)21)8-11-4-6-17(24-3)15(19)9-11/h4-7,9-10,14,19H,8H2,1-3H3,(H,20,21). The van der Waals surface area contributed by atoms with Gasteiger partial charge in [-0.05, 0) is 42.3 Å². The molecule has 0 amide bonds. The van der Waals surface area contributed by atoms with Gasteiger partial charge in [0, 0.05) is 5.56 Å². The number of benzene rings is 2. The normalized spacial score (nSPS) is 11.6. The molecule has 0 aliphatic rings. The molecule has 0 aromatic heterocycles. The molecule has 0 fully saturated rings. The van der Waals surface area contributed by atoms with Crippen molar-refractivity contribution in [2.45, 2.75) is 12.3 Å². The molecular weight excluding hydrogens is 312 g/mol. The quantitative estimate of drug-likeness (QED) is 0.811. The maximum atomic E-state index is 11.8. The van der Waals surface area contributed by atoms with Crippen LogP contribution in [0.5, 0.6) is 23.0 Å². The smallest absolute Gasteiger partial charge is 0.311 e. The Bertz CT molecular complexity index is 725. The van der Waals surface area contributed by atoms with Gasteiger partial charge in [-0.1, -0.05) is 6.07 Å². The minimum absolute atomic E-state index is 0.0308. The molecule has 2 aromatic rings.